The van der Waals surface area contributed by atoms with Gasteiger partial charge in [-0.1, -0.05) is 75.4 Å². The molecular weight excluding hydrogens is 328 g/mol. The van der Waals surface area contributed by atoms with Crippen LogP contribution in [-0.2, 0) is 5.41 Å². The number of hydrogen-bond acceptors (Lipinski definition) is 1. The van der Waals surface area contributed by atoms with E-state index in [0.717, 1.165) is 22.4 Å². The molecule has 0 saturated carbocycles. The third-order valence-electron chi connectivity index (χ3n) is 5.23. The molecule has 4 rings (SSSR count). The van der Waals surface area contributed by atoms with Gasteiger partial charge in [0.15, 0.2) is 0 Å². The van der Waals surface area contributed by atoms with Crippen LogP contribution in [0.25, 0.3) is 28.1 Å². The van der Waals surface area contributed by atoms with Gasteiger partial charge in [-0.05, 0) is 48.1 Å². The van der Waals surface area contributed by atoms with E-state index in [4.69, 9.17) is 4.98 Å². The van der Waals surface area contributed by atoms with Gasteiger partial charge in [0.05, 0.1) is 16.7 Å². The smallest absolute Gasteiger partial charge is 0.145 e. The molecule has 1 heterocycles. The van der Waals surface area contributed by atoms with E-state index in [0.29, 0.717) is 0 Å². The van der Waals surface area contributed by atoms with Crippen LogP contribution in [0, 0.1) is 13.8 Å². The van der Waals surface area contributed by atoms with Crippen LogP contribution in [0.5, 0.6) is 0 Å². The Kier molecular flexibility index (Phi) is 4.15. The van der Waals surface area contributed by atoms with Gasteiger partial charge >= 0.3 is 0 Å². The second-order valence-corrected chi connectivity index (χ2v) is 8.33. The second-order valence-electron chi connectivity index (χ2n) is 8.33. The fraction of sp³-hybridized carbons (Fsp3) is 0.240. The normalized spacial score (nSPS) is 11.9. The molecule has 0 spiro atoms. The van der Waals surface area contributed by atoms with Crippen LogP contribution in [0.1, 0.15) is 37.5 Å². The average Bonchev–Trinajstić information content (AvgIpc) is 3.00. The summed E-state index contributed by atoms with van der Waals surface area (Å²) in [6.45, 7) is 11.1. The molecule has 2 nitrogen and oxygen atoms in total. The molecule has 0 bridgehead atoms. The Bertz CT molecular complexity index is 1090. The molecule has 3 aromatic carbocycles. The van der Waals surface area contributed by atoms with Gasteiger partial charge in [0.1, 0.15) is 5.82 Å². The Labute approximate surface area is 161 Å². The summed E-state index contributed by atoms with van der Waals surface area (Å²) in [6, 6.07) is 23.7. The molecule has 0 fully saturated rings. The lowest BCUT2D eigenvalue weighted by Gasteiger charge is -2.19. The number of rotatable bonds is 2. The Hall–Kier alpha value is -2.87. The standard InChI is InChI=1S/C25H26N2/c1-17-9-8-10-18(2)23(17)27-22-12-7-6-11-21(22)26-24(27)19-13-15-20(16-14-19)25(3,4)5/h6-16H,1-5H3. The molecule has 0 saturated heterocycles. The van der Waals surface area contributed by atoms with Crippen molar-refractivity contribution in [1.29, 1.82) is 0 Å². The van der Waals surface area contributed by atoms with Gasteiger partial charge in [0, 0.05) is 5.56 Å². The molecular formula is C25H26N2. The van der Waals surface area contributed by atoms with Gasteiger partial charge in [0.2, 0.25) is 0 Å². The first kappa shape index (κ1) is 17.5. The molecule has 0 N–H and O–H groups in total. The molecule has 1 aromatic heterocycles. The van der Waals surface area contributed by atoms with Crippen molar-refractivity contribution in [3.8, 4) is 17.1 Å². The van der Waals surface area contributed by atoms with Gasteiger partial charge < -0.3 is 0 Å². The molecule has 0 atom stereocenters. The first-order chi connectivity index (χ1) is 12.9. The number of aromatic nitrogens is 2. The quantitative estimate of drug-likeness (QED) is 0.396. The molecule has 0 radical (unpaired) electrons. The highest BCUT2D eigenvalue weighted by Crippen LogP contribution is 2.32. The maximum Gasteiger partial charge on any atom is 0.145 e. The number of hydrogen-bond donors (Lipinski definition) is 0. The maximum absolute atomic E-state index is 5.00. The van der Waals surface area contributed by atoms with E-state index in [1.54, 1.807) is 0 Å². The van der Waals surface area contributed by atoms with Crippen LogP contribution in [-0.4, -0.2) is 9.55 Å². The highest BCUT2D eigenvalue weighted by molar-refractivity contribution is 5.84. The SMILES string of the molecule is Cc1cccc(C)c1-n1c(-c2ccc(C(C)(C)C)cc2)nc2ccccc21. The molecule has 0 unspecified atom stereocenters. The zero-order valence-corrected chi connectivity index (χ0v) is 16.7. The summed E-state index contributed by atoms with van der Waals surface area (Å²) in [7, 11) is 0. The van der Waals surface area contributed by atoms with Gasteiger partial charge in [0.25, 0.3) is 0 Å². The first-order valence-electron chi connectivity index (χ1n) is 9.51. The molecule has 27 heavy (non-hydrogen) atoms. The van der Waals surface area contributed by atoms with Crippen LogP contribution < -0.4 is 0 Å². The lowest BCUT2D eigenvalue weighted by atomic mass is 9.86. The molecule has 0 aliphatic heterocycles. The van der Waals surface area contributed by atoms with Crippen LogP contribution in [0.3, 0.4) is 0 Å². The summed E-state index contributed by atoms with van der Waals surface area (Å²) < 4.78 is 2.31. The van der Waals surface area contributed by atoms with Crippen LogP contribution >= 0.6 is 0 Å². The third kappa shape index (κ3) is 3.06. The zero-order chi connectivity index (χ0) is 19.2. The number of nitrogens with zero attached hydrogens (tertiary/aromatic N) is 2. The van der Waals surface area contributed by atoms with E-state index >= 15 is 0 Å². The number of benzene rings is 3. The van der Waals surface area contributed by atoms with E-state index < -0.39 is 0 Å². The van der Waals surface area contributed by atoms with Crippen LogP contribution in [0.2, 0.25) is 0 Å². The van der Waals surface area contributed by atoms with Gasteiger partial charge in [-0.15, -0.1) is 0 Å². The van der Waals surface area contributed by atoms with E-state index in [2.05, 4.69) is 106 Å². The minimum Gasteiger partial charge on any atom is -0.292 e. The van der Waals surface area contributed by atoms with Crippen molar-refractivity contribution in [1.82, 2.24) is 9.55 Å². The fourth-order valence-corrected chi connectivity index (χ4v) is 3.72. The van der Waals surface area contributed by atoms with Gasteiger partial charge in [-0.3, -0.25) is 4.57 Å². The van der Waals surface area contributed by atoms with E-state index in [1.165, 1.54) is 22.4 Å². The lowest BCUT2D eigenvalue weighted by Crippen LogP contribution is -2.10. The van der Waals surface area contributed by atoms with Crippen molar-refractivity contribution < 1.29 is 0 Å². The Morgan fingerprint density at radius 1 is 0.741 bits per heavy atom. The molecule has 0 aliphatic carbocycles. The Balaban J connectivity index is 1.99. The third-order valence-corrected chi connectivity index (χ3v) is 5.23. The van der Waals surface area contributed by atoms with Gasteiger partial charge in [-0.25, -0.2) is 4.98 Å². The highest BCUT2D eigenvalue weighted by Gasteiger charge is 2.18. The molecule has 0 amide bonds. The summed E-state index contributed by atoms with van der Waals surface area (Å²) in [6.07, 6.45) is 0. The Morgan fingerprint density at radius 2 is 1.37 bits per heavy atom. The summed E-state index contributed by atoms with van der Waals surface area (Å²) in [5.74, 6) is 0.994. The zero-order valence-electron chi connectivity index (χ0n) is 16.7. The van der Waals surface area contributed by atoms with Crippen molar-refractivity contribution in [3.05, 3.63) is 83.4 Å². The minimum atomic E-state index is 0.144. The summed E-state index contributed by atoms with van der Waals surface area (Å²) in [4.78, 5) is 5.00. The summed E-state index contributed by atoms with van der Waals surface area (Å²) in [5.41, 5.74) is 8.52. The Morgan fingerprint density at radius 3 is 2.00 bits per heavy atom. The summed E-state index contributed by atoms with van der Waals surface area (Å²) >= 11 is 0. The topological polar surface area (TPSA) is 17.8 Å². The van der Waals surface area contributed by atoms with Crippen LogP contribution in [0.4, 0.5) is 0 Å². The first-order valence-corrected chi connectivity index (χ1v) is 9.51. The van der Waals surface area contributed by atoms with Gasteiger partial charge in [-0.2, -0.15) is 0 Å². The predicted octanol–water partition coefficient (Wildman–Crippen LogP) is 6.61. The number of fused-ring (bicyclic) bond motifs is 1. The molecule has 0 aliphatic rings. The molecule has 136 valence electrons. The molecule has 2 heteroatoms. The van der Waals surface area contributed by atoms with E-state index in [9.17, 15) is 0 Å². The second kappa shape index (κ2) is 6.38. The molecule has 4 aromatic rings. The summed E-state index contributed by atoms with van der Waals surface area (Å²) in [5, 5.41) is 0. The average molecular weight is 354 g/mol. The highest BCUT2D eigenvalue weighted by atomic mass is 15.1. The predicted molar refractivity (Wildman–Crippen MR) is 115 cm³/mol. The largest absolute Gasteiger partial charge is 0.292 e. The fourth-order valence-electron chi connectivity index (χ4n) is 3.72. The number of aryl methyl sites for hydroxylation is 2. The van der Waals surface area contributed by atoms with E-state index in [-0.39, 0.29) is 5.41 Å². The van der Waals surface area contributed by atoms with Crippen molar-refractivity contribution >= 4 is 11.0 Å². The van der Waals surface area contributed by atoms with Crippen LogP contribution in [0.15, 0.2) is 66.7 Å². The lowest BCUT2D eigenvalue weighted by molar-refractivity contribution is 0.590. The van der Waals surface area contributed by atoms with Crippen molar-refractivity contribution in [2.24, 2.45) is 0 Å². The minimum absolute atomic E-state index is 0.144. The van der Waals surface area contributed by atoms with Crippen molar-refractivity contribution in [3.63, 3.8) is 0 Å². The maximum atomic E-state index is 5.00. The number of para-hydroxylation sites is 3. The van der Waals surface area contributed by atoms with Crippen molar-refractivity contribution in [2.75, 3.05) is 0 Å². The van der Waals surface area contributed by atoms with E-state index in [1.807, 2.05) is 0 Å². The van der Waals surface area contributed by atoms with Crippen molar-refractivity contribution in [2.45, 2.75) is 40.0 Å². The number of imidazole rings is 1. The monoisotopic (exact) mass is 354 g/mol.